The summed E-state index contributed by atoms with van der Waals surface area (Å²) in [5.74, 6) is 0.167. The van der Waals surface area contributed by atoms with Crippen molar-refractivity contribution >= 4 is 33.8 Å². The molecule has 5 aromatic rings. The Balaban J connectivity index is 1.18. The van der Waals surface area contributed by atoms with E-state index in [0.29, 0.717) is 30.3 Å². The first-order valence-electron chi connectivity index (χ1n) is 14.2. The molecule has 3 aromatic heterocycles. The average Bonchev–Trinajstić information content (AvgIpc) is 3.71. The Morgan fingerprint density at radius 2 is 1.98 bits per heavy atom. The van der Waals surface area contributed by atoms with Crippen LogP contribution in [0, 0.1) is 0 Å². The smallest absolute Gasteiger partial charge is 0.347 e. The number of rotatable bonds is 9. The van der Waals surface area contributed by atoms with E-state index in [1.54, 1.807) is 18.6 Å². The van der Waals surface area contributed by atoms with Crippen molar-refractivity contribution in [3.63, 3.8) is 0 Å². The fourth-order valence-corrected chi connectivity index (χ4v) is 5.72. The monoisotopic (exact) mass is 554 g/mol. The Morgan fingerprint density at radius 1 is 1.15 bits per heavy atom. The first-order chi connectivity index (χ1) is 19.8. The number of aliphatic carboxylic acids is 1. The van der Waals surface area contributed by atoms with Crippen molar-refractivity contribution in [2.24, 2.45) is 0 Å². The third-order valence-corrected chi connectivity index (χ3v) is 7.98. The highest BCUT2D eigenvalue weighted by Gasteiger charge is 2.29. The Labute approximate surface area is 237 Å². The summed E-state index contributed by atoms with van der Waals surface area (Å²) >= 11 is 0. The number of fused-ring (bicyclic) bond motifs is 2. The molecule has 0 spiro atoms. The number of nitrogens with zero attached hydrogens (tertiary/aromatic N) is 2. The molecule has 1 aliphatic carbocycles. The van der Waals surface area contributed by atoms with Crippen LogP contribution in [0.5, 0.6) is 5.75 Å². The molecule has 0 radical (unpaired) electrons. The summed E-state index contributed by atoms with van der Waals surface area (Å²) in [6.07, 6.45) is 11.8. The van der Waals surface area contributed by atoms with E-state index < -0.39 is 11.6 Å². The lowest BCUT2D eigenvalue weighted by atomic mass is 9.95. The zero-order chi connectivity index (χ0) is 28.6. The summed E-state index contributed by atoms with van der Waals surface area (Å²) in [7, 11) is 0. The molecular weight excluding hydrogens is 520 g/mol. The quantitative estimate of drug-likeness (QED) is 0.191. The zero-order valence-corrected chi connectivity index (χ0v) is 23.3. The summed E-state index contributed by atoms with van der Waals surface area (Å²) in [5.41, 5.74) is 3.92. The van der Waals surface area contributed by atoms with E-state index >= 15 is 0 Å². The molecule has 1 fully saturated rings. The second-order valence-electron chi connectivity index (χ2n) is 11.3. The van der Waals surface area contributed by atoms with Crippen LogP contribution >= 0.6 is 0 Å². The van der Waals surface area contributed by atoms with E-state index in [0.717, 1.165) is 51.7 Å². The standard InChI is InChI=1S/C32H34N4O5/c1-32(2,31(38)39)41-24-9-10-26-25(17-24)21(18-34-26)12-14-33-30(37)20-8-11-28-27(16-20)35-29(22-13-15-40-19-22)36(28)23-6-4-3-5-7-23/h8-11,13,15-19,23,34H,3-7,12,14H2,1-2H3,(H,33,37)(H,38,39). The molecule has 212 valence electrons. The number of ether oxygens (including phenoxy) is 1. The van der Waals surface area contributed by atoms with Gasteiger partial charge in [0.05, 0.1) is 22.9 Å². The Bertz CT molecular complexity index is 1710. The highest BCUT2D eigenvalue weighted by molar-refractivity contribution is 5.98. The van der Waals surface area contributed by atoms with Gasteiger partial charge < -0.3 is 29.1 Å². The van der Waals surface area contributed by atoms with Gasteiger partial charge in [0.1, 0.15) is 17.8 Å². The number of nitrogens with one attached hydrogen (secondary N) is 2. The topological polar surface area (TPSA) is 122 Å². The van der Waals surface area contributed by atoms with Crippen molar-refractivity contribution in [3.05, 3.63) is 72.3 Å². The van der Waals surface area contributed by atoms with Gasteiger partial charge in [-0.1, -0.05) is 19.3 Å². The van der Waals surface area contributed by atoms with E-state index in [1.807, 2.05) is 42.6 Å². The Hall–Kier alpha value is -4.53. The molecule has 1 amide bonds. The van der Waals surface area contributed by atoms with Crippen molar-refractivity contribution in [3.8, 4) is 17.1 Å². The van der Waals surface area contributed by atoms with Gasteiger partial charge in [0, 0.05) is 35.2 Å². The molecule has 9 heteroatoms. The summed E-state index contributed by atoms with van der Waals surface area (Å²) < 4.78 is 13.4. The number of amides is 1. The van der Waals surface area contributed by atoms with Crippen LogP contribution in [0.4, 0.5) is 0 Å². The molecule has 1 aliphatic rings. The van der Waals surface area contributed by atoms with E-state index in [-0.39, 0.29) is 5.91 Å². The van der Waals surface area contributed by atoms with Crippen LogP contribution in [0.25, 0.3) is 33.3 Å². The van der Waals surface area contributed by atoms with E-state index in [1.165, 1.54) is 33.1 Å². The van der Waals surface area contributed by atoms with Crippen LogP contribution in [0.3, 0.4) is 0 Å². The first kappa shape index (κ1) is 26.7. The minimum atomic E-state index is -1.34. The Kier molecular flexibility index (Phi) is 7.03. The lowest BCUT2D eigenvalue weighted by Gasteiger charge is -2.25. The van der Waals surface area contributed by atoms with Gasteiger partial charge in [0.15, 0.2) is 5.60 Å². The number of aromatic nitrogens is 3. The molecule has 1 saturated carbocycles. The molecule has 0 saturated heterocycles. The highest BCUT2D eigenvalue weighted by Crippen LogP contribution is 2.36. The second kappa shape index (κ2) is 10.8. The normalized spacial score (nSPS) is 14.5. The predicted octanol–water partition coefficient (Wildman–Crippen LogP) is 6.50. The van der Waals surface area contributed by atoms with E-state index in [9.17, 15) is 14.7 Å². The molecule has 2 aromatic carbocycles. The Morgan fingerprint density at radius 3 is 2.73 bits per heavy atom. The number of H-pyrrole nitrogens is 1. The number of carbonyl (C=O) groups excluding carboxylic acids is 1. The van der Waals surface area contributed by atoms with Gasteiger partial charge in [0.2, 0.25) is 0 Å². The molecule has 0 unspecified atom stereocenters. The number of imidazole rings is 1. The van der Waals surface area contributed by atoms with Gasteiger partial charge in [-0.3, -0.25) is 4.79 Å². The minimum absolute atomic E-state index is 0.156. The average molecular weight is 555 g/mol. The van der Waals surface area contributed by atoms with Crippen LogP contribution in [0.2, 0.25) is 0 Å². The van der Waals surface area contributed by atoms with E-state index in [4.69, 9.17) is 14.1 Å². The predicted molar refractivity (Wildman–Crippen MR) is 156 cm³/mol. The molecule has 0 bridgehead atoms. The molecule has 0 atom stereocenters. The third kappa shape index (κ3) is 5.31. The van der Waals surface area contributed by atoms with E-state index in [2.05, 4.69) is 14.9 Å². The van der Waals surface area contributed by atoms with Crippen molar-refractivity contribution in [1.82, 2.24) is 19.9 Å². The fraction of sp³-hybridized carbons (Fsp3) is 0.344. The lowest BCUT2D eigenvalue weighted by Crippen LogP contribution is -2.37. The SMILES string of the molecule is CC(C)(Oc1ccc2[nH]cc(CCNC(=O)c3ccc4c(c3)nc(-c3ccoc3)n4C3CCCCC3)c2c1)C(=O)O. The van der Waals surface area contributed by atoms with Crippen molar-refractivity contribution in [2.45, 2.75) is 64.0 Å². The van der Waals surface area contributed by atoms with Crippen molar-refractivity contribution in [2.75, 3.05) is 6.54 Å². The zero-order valence-electron chi connectivity index (χ0n) is 23.3. The lowest BCUT2D eigenvalue weighted by molar-refractivity contribution is -0.152. The van der Waals surface area contributed by atoms with Crippen molar-refractivity contribution in [1.29, 1.82) is 0 Å². The van der Waals surface area contributed by atoms with Gasteiger partial charge in [-0.05, 0) is 81.1 Å². The summed E-state index contributed by atoms with van der Waals surface area (Å²) in [6.45, 7) is 3.47. The molecule has 3 N–H and O–H groups in total. The molecule has 9 nitrogen and oxygen atoms in total. The highest BCUT2D eigenvalue weighted by atomic mass is 16.5. The maximum absolute atomic E-state index is 13.1. The molecule has 6 rings (SSSR count). The summed E-state index contributed by atoms with van der Waals surface area (Å²) in [4.78, 5) is 32.8. The number of aromatic amines is 1. The summed E-state index contributed by atoms with van der Waals surface area (Å²) in [5, 5.41) is 13.4. The maximum Gasteiger partial charge on any atom is 0.347 e. The van der Waals surface area contributed by atoms with Crippen LogP contribution in [-0.4, -0.2) is 43.7 Å². The van der Waals surface area contributed by atoms with Crippen molar-refractivity contribution < 1.29 is 23.8 Å². The van der Waals surface area contributed by atoms with Gasteiger partial charge >= 0.3 is 5.97 Å². The summed E-state index contributed by atoms with van der Waals surface area (Å²) in [6, 6.07) is 13.5. The second-order valence-corrected chi connectivity index (χ2v) is 11.3. The molecule has 0 aliphatic heterocycles. The maximum atomic E-state index is 13.1. The van der Waals surface area contributed by atoms with Crippen LogP contribution in [-0.2, 0) is 11.2 Å². The number of hydrogen-bond donors (Lipinski definition) is 3. The minimum Gasteiger partial charge on any atom is -0.478 e. The number of carboxylic acids is 1. The van der Waals surface area contributed by atoms with Crippen LogP contribution < -0.4 is 10.1 Å². The number of benzene rings is 2. The van der Waals surface area contributed by atoms with Crippen LogP contribution in [0.1, 0.15) is 67.9 Å². The number of hydrogen-bond acceptors (Lipinski definition) is 5. The number of furan rings is 1. The molecule has 3 heterocycles. The van der Waals surface area contributed by atoms with Gasteiger partial charge in [-0.25, -0.2) is 9.78 Å². The van der Waals surface area contributed by atoms with Gasteiger partial charge in [-0.15, -0.1) is 0 Å². The molecular formula is C32H34N4O5. The molecule has 41 heavy (non-hydrogen) atoms. The first-order valence-corrected chi connectivity index (χ1v) is 14.2. The van der Waals surface area contributed by atoms with Gasteiger partial charge in [-0.2, -0.15) is 0 Å². The third-order valence-electron chi connectivity index (χ3n) is 7.98. The van der Waals surface area contributed by atoms with Gasteiger partial charge in [0.25, 0.3) is 5.91 Å². The number of carbonyl (C=O) groups is 2. The number of carboxylic acid groups (broad SMARTS) is 1. The largest absolute Gasteiger partial charge is 0.478 e. The van der Waals surface area contributed by atoms with Crippen LogP contribution in [0.15, 0.2) is 65.6 Å². The fourth-order valence-electron chi connectivity index (χ4n) is 5.72.